The first kappa shape index (κ1) is 26.4. The average molecular weight is 542 g/mol. The maximum Gasteiger partial charge on any atom is 0.322 e. The van der Waals surface area contributed by atoms with Gasteiger partial charge in [0.1, 0.15) is 12.4 Å². The number of rotatable bonds is 8. The van der Waals surface area contributed by atoms with Crippen molar-refractivity contribution in [2.75, 3.05) is 37.4 Å². The summed E-state index contributed by atoms with van der Waals surface area (Å²) in [6.07, 6.45) is 0. The summed E-state index contributed by atoms with van der Waals surface area (Å²) in [4.78, 5) is 27.4. The summed E-state index contributed by atoms with van der Waals surface area (Å²) < 4.78 is 7.71. The van der Waals surface area contributed by atoms with Crippen molar-refractivity contribution >= 4 is 39.4 Å². The number of hydrogen-bond donors (Lipinski definition) is 2. The first-order valence-electron chi connectivity index (χ1n) is 11.3. The quantitative estimate of drug-likeness (QED) is 0.401. The maximum absolute atomic E-state index is 13.1. The van der Waals surface area contributed by atoms with E-state index in [1.165, 1.54) is 4.90 Å². The Hall–Kier alpha value is -3.17. The summed E-state index contributed by atoms with van der Waals surface area (Å²) >= 11 is 3.40. The SMILES string of the molecule is COCCN(CC(=O)Nc1cc(C(C)(C)C)nn1-c1ccc(C)cc1)C(=O)Nc1cccc(Br)c1. The first-order valence-corrected chi connectivity index (χ1v) is 12.1. The van der Waals surface area contributed by atoms with Gasteiger partial charge in [-0.05, 0) is 37.3 Å². The predicted octanol–water partition coefficient (Wildman–Crippen LogP) is 5.36. The Labute approximate surface area is 214 Å². The molecule has 1 heterocycles. The number of methoxy groups -OCH3 is 1. The molecule has 0 aliphatic rings. The van der Waals surface area contributed by atoms with Crippen molar-refractivity contribution < 1.29 is 14.3 Å². The lowest BCUT2D eigenvalue weighted by Gasteiger charge is -2.22. The molecule has 2 aromatic carbocycles. The van der Waals surface area contributed by atoms with Crippen LogP contribution in [-0.2, 0) is 14.9 Å². The molecule has 3 amide bonds. The van der Waals surface area contributed by atoms with Crippen molar-refractivity contribution in [3.05, 3.63) is 70.3 Å². The Bertz CT molecular complexity index is 1170. The van der Waals surface area contributed by atoms with Gasteiger partial charge in [-0.25, -0.2) is 9.48 Å². The second kappa shape index (κ2) is 11.5. The first-order chi connectivity index (χ1) is 16.6. The smallest absolute Gasteiger partial charge is 0.322 e. The van der Waals surface area contributed by atoms with Crippen molar-refractivity contribution in [3.8, 4) is 5.69 Å². The fraction of sp³-hybridized carbons (Fsp3) is 0.346. The zero-order chi connectivity index (χ0) is 25.6. The molecular formula is C26H32BrN5O3. The average Bonchev–Trinajstić information content (AvgIpc) is 3.21. The number of ether oxygens (including phenoxy) is 1. The lowest BCUT2D eigenvalue weighted by Crippen LogP contribution is -2.42. The molecule has 0 saturated heterocycles. The van der Waals surface area contributed by atoms with Crippen LogP contribution in [0.4, 0.5) is 16.3 Å². The van der Waals surface area contributed by atoms with E-state index in [1.807, 2.05) is 49.4 Å². The van der Waals surface area contributed by atoms with Gasteiger partial charge in [0, 0.05) is 35.3 Å². The molecule has 0 radical (unpaired) electrons. The summed E-state index contributed by atoms with van der Waals surface area (Å²) in [5.74, 6) is 0.210. The van der Waals surface area contributed by atoms with Crippen molar-refractivity contribution in [2.24, 2.45) is 0 Å². The van der Waals surface area contributed by atoms with E-state index in [4.69, 9.17) is 9.84 Å². The molecule has 0 aliphatic carbocycles. The summed E-state index contributed by atoms with van der Waals surface area (Å²) in [5.41, 5.74) is 3.23. The van der Waals surface area contributed by atoms with Crippen LogP contribution in [0.3, 0.4) is 0 Å². The molecule has 1 aromatic heterocycles. The Balaban J connectivity index is 1.80. The van der Waals surface area contributed by atoms with Gasteiger partial charge >= 0.3 is 6.03 Å². The van der Waals surface area contributed by atoms with Crippen LogP contribution in [-0.4, -0.2) is 53.4 Å². The number of aryl methyl sites for hydroxylation is 1. The van der Waals surface area contributed by atoms with Crippen LogP contribution in [0.2, 0.25) is 0 Å². The van der Waals surface area contributed by atoms with Gasteiger partial charge in [0.15, 0.2) is 0 Å². The van der Waals surface area contributed by atoms with Crippen LogP contribution in [0, 0.1) is 6.92 Å². The predicted molar refractivity (Wildman–Crippen MR) is 142 cm³/mol. The van der Waals surface area contributed by atoms with Crippen LogP contribution in [0.15, 0.2) is 59.1 Å². The minimum absolute atomic E-state index is 0.146. The van der Waals surface area contributed by atoms with Gasteiger partial charge in [-0.1, -0.05) is 60.5 Å². The van der Waals surface area contributed by atoms with Gasteiger partial charge in [0.2, 0.25) is 5.91 Å². The largest absolute Gasteiger partial charge is 0.383 e. The van der Waals surface area contributed by atoms with E-state index in [9.17, 15) is 9.59 Å². The minimum Gasteiger partial charge on any atom is -0.383 e. The fourth-order valence-electron chi connectivity index (χ4n) is 3.30. The van der Waals surface area contributed by atoms with Crippen LogP contribution < -0.4 is 10.6 Å². The number of nitrogens with one attached hydrogen (secondary N) is 2. The Morgan fingerprint density at radius 1 is 1.09 bits per heavy atom. The molecule has 186 valence electrons. The molecule has 0 fully saturated rings. The number of halogens is 1. The number of urea groups is 1. The molecule has 0 atom stereocenters. The highest BCUT2D eigenvalue weighted by Gasteiger charge is 2.23. The lowest BCUT2D eigenvalue weighted by atomic mass is 9.92. The van der Waals surface area contributed by atoms with Crippen LogP contribution >= 0.6 is 15.9 Å². The second-order valence-electron chi connectivity index (χ2n) is 9.32. The molecule has 0 saturated carbocycles. The number of aromatic nitrogens is 2. The monoisotopic (exact) mass is 541 g/mol. The number of anilines is 2. The third-order valence-corrected chi connectivity index (χ3v) is 5.78. The van der Waals surface area contributed by atoms with Crippen molar-refractivity contribution in [2.45, 2.75) is 33.1 Å². The van der Waals surface area contributed by atoms with E-state index in [1.54, 1.807) is 23.9 Å². The van der Waals surface area contributed by atoms with Gasteiger partial charge in [0.25, 0.3) is 0 Å². The molecule has 3 rings (SSSR count). The van der Waals surface area contributed by atoms with Gasteiger partial charge < -0.3 is 20.3 Å². The molecule has 35 heavy (non-hydrogen) atoms. The topological polar surface area (TPSA) is 88.5 Å². The van der Waals surface area contributed by atoms with Crippen LogP contribution in [0.1, 0.15) is 32.0 Å². The van der Waals surface area contributed by atoms with E-state index < -0.39 is 6.03 Å². The summed E-state index contributed by atoms with van der Waals surface area (Å²) in [6, 6.07) is 16.7. The highest BCUT2D eigenvalue weighted by atomic mass is 79.9. The minimum atomic E-state index is -0.391. The van der Waals surface area contributed by atoms with Gasteiger partial charge in [-0.15, -0.1) is 0 Å². The number of carbonyl (C=O) groups excluding carboxylic acids is 2. The normalized spacial score (nSPS) is 11.3. The highest BCUT2D eigenvalue weighted by molar-refractivity contribution is 9.10. The number of nitrogens with zero attached hydrogens (tertiary/aromatic N) is 3. The number of hydrogen-bond acceptors (Lipinski definition) is 4. The zero-order valence-electron chi connectivity index (χ0n) is 20.8. The molecule has 0 unspecified atom stereocenters. The number of amides is 3. The molecule has 0 aliphatic heterocycles. The van der Waals surface area contributed by atoms with Crippen molar-refractivity contribution in [1.29, 1.82) is 0 Å². The van der Waals surface area contributed by atoms with Gasteiger partial charge in [0.05, 0.1) is 18.0 Å². The van der Waals surface area contributed by atoms with E-state index in [0.717, 1.165) is 21.4 Å². The molecule has 0 bridgehead atoms. The summed E-state index contributed by atoms with van der Waals surface area (Å²) in [5, 5.41) is 10.5. The molecule has 8 nitrogen and oxygen atoms in total. The van der Waals surface area contributed by atoms with Crippen molar-refractivity contribution in [3.63, 3.8) is 0 Å². The molecular weight excluding hydrogens is 510 g/mol. The lowest BCUT2D eigenvalue weighted by molar-refractivity contribution is -0.116. The number of carbonyl (C=O) groups is 2. The second-order valence-corrected chi connectivity index (χ2v) is 10.2. The van der Waals surface area contributed by atoms with Crippen LogP contribution in [0.5, 0.6) is 0 Å². The van der Waals surface area contributed by atoms with E-state index in [2.05, 4.69) is 47.3 Å². The molecule has 0 spiro atoms. The van der Waals surface area contributed by atoms with E-state index in [-0.39, 0.29) is 24.4 Å². The Kier molecular flexibility index (Phi) is 8.69. The Morgan fingerprint density at radius 2 is 1.80 bits per heavy atom. The maximum atomic E-state index is 13.1. The van der Waals surface area contributed by atoms with Gasteiger partial charge in [-0.2, -0.15) is 5.10 Å². The third kappa shape index (κ3) is 7.40. The molecule has 9 heteroatoms. The van der Waals surface area contributed by atoms with Crippen LogP contribution in [0.25, 0.3) is 5.69 Å². The molecule has 2 N–H and O–H groups in total. The van der Waals surface area contributed by atoms with E-state index in [0.29, 0.717) is 18.1 Å². The zero-order valence-corrected chi connectivity index (χ0v) is 22.3. The standard InChI is InChI=1S/C26H32BrN5O3/c1-18-9-11-21(12-10-18)32-23(16-22(30-32)26(2,3)4)29-24(33)17-31(13-14-35-5)25(34)28-20-8-6-7-19(27)15-20/h6-12,15-16H,13-14,17H2,1-5H3,(H,28,34)(H,29,33). The summed E-state index contributed by atoms with van der Waals surface area (Å²) in [7, 11) is 1.55. The highest BCUT2D eigenvalue weighted by Crippen LogP contribution is 2.26. The van der Waals surface area contributed by atoms with E-state index >= 15 is 0 Å². The Morgan fingerprint density at radius 3 is 2.43 bits per heavy atom. The van der Waals surface area contributed by atoms with Gasteiger partial charge in [-0.3, -0.25) is 4.79 Å². The fourth-order valence-corrected chi connectivity index (χ4v) is 3.70. The van der Waals surface area contributed by atoms with Crippen molar-refractivity contribution in [1.82, 2.24) is 14.7 Å². The molecule has 3 aromatic rings. The number of benzene rings is 2. The summed E-state index contributed by atoms with van der Waals surface area (Å²) in [6.45, 7) is 8.64. The third-order valence-electron chi connectivity index (χ3n) is 5.29.